The van der Waals surface area contributed by atoms with Gasteiger partial charge in [0.2, 0.25) is 5.91 Å². The molecule has 1 aliphatic heterocycles. The number of aromatic nitrogens is 1. The summed E-state index contributed by atoms with van der Waals surface area (Å²) >= 11 is 0. The first kappa shape index (κ1) is 21.8. The number of hydrogen-bond acceptors (Lipinski definition) is 5. The number of carbonyl (C=O) groups is 1. The van der Waals surface area contributed by atoms with Crippen molar-refractivity contribution in [3.8, 4) is 11.3 Å². The predicted molar refractivity (Wildman–Crippen MR) is 122 cm³/mol. The van der Waals surface area contributed by atoms with E-state index in [1.165, 1.54) is 12.1 Å². The fraction of sp³-hybridized carbons (Fsp3) is 0.261. The second-order valence-electron chi connectivity index (χ2n) is 7.56. The summed E-state index contributed by atoms with van der Waals surface area (Å²) in [5, 5.41) is 2.76. The largest absolute Gasteiger partial charge is 0.441 e. The Labute approximate surface area is 187 Å². The summed E-state index contributed by atoms with van der Waals surface area (Å²) in [5.41, 5.74) is 1.44. The predicted octanol–water partition coefficient (Wildman–Crippen LogP) is 3.73. The van der Waals surface area contributed by atoms with E-state index in [9.17, 15) is 13.2 Å². The molecule has 1 amide bonds. The molecule has 0 radical (unpaired) electrons. The van der Waals surface area contributed by atoms with E-state index >= 15 is 0 Å². The smallest absolute Gasteiger partial charge is 0.283 e. The first-order valence-corrected chi connectivity index (χ1v) is 11.8. The molecule has 0 unspecified atom stereocenters. The molecule has 0 atom stereocenters. The van der Waals surface area contributed by atoms with Gasteiger partial charge in [0.05, 0.1) is 11.1 Å². The monoisotopic (exact) mass is 452 g/mol. The molecule has 4 rings (SSSR count). The van der Waals surface area contributed by atoms with E-state index in [4.69, 9.17) is 4.42 Å². The van der Waals surface area contributed by atoms with Crippen molar-refractivity contribution in [3.63, 3.8) is 0 Å². The van der Waals surface area contributed by atoms with E-state index in [-0.39, 0.29) is 17.2 Å². The molecular formula is C23H24N4O4S. The highest BCUT2D eigenvalue weighted by molar-refractivity contribution is 7.90. The van der Waals surface area contributed by atoms with Gasteiger partial charge in [0.1, 0.15) is 5.84 Å². The Kier molecular flexibility index (Phi) is 6.36. The van der Waals surface area contributed by atoms with E-state index in [0.717, 1.165) is 18.5 Å². The van der Waals surface area contributed by atoms with Crippen molar-refractivity contribution in [1.82, 2.24) is 9.88 Å². The van der Waals surface area contributed by atoms with Crippen molar-refractivity contribution < 1.29 is 17.6 Å². The SMILES string of the molecule is CN1CCC/C1=N\S(=O)(=O)c1ccc(NC(=O)CCc2ncc(-c3ccccc3)o2)cc1. The highest BCUT2D eigenvalue weighted by atomic mass is 32.2. The molecule has 2 aromatic carbocycles. The quantitative estimate of drug-likeness (QED) is 0.586. The number of oxazole rings is 1. The Morgan fingerprint density at radius 2 is 1.91 bits per heavy atom. The third-order valence-electron chi connectivity index (χ3n) is 5.17. The van der Waals surface area contributed by atoms with Gasteiger partial charge < -0.3 is 14.6 Å². The van der Waals surface area contributed by atoms with E-state index in [1.807, 2.05) is 42.3 Å². The molecule has 166 valence electrons. The van der Waals surface area contributed by atoms with Crippen LogP contribution >= 0.6 is 0 Å². The van der Waals surface area contributed by atoms with Gasteiger partial charge in [0.25, 0.3) is 10.0 Å². The Balaban J connectivity index is 1.33. The Morgan fingerprint density at radius 3 is 2.59 bits per heavy atom. The molecule has 0 bridgehead atoms. The average Bonchev–Trinajstić information content (AvgIpc) is 3.42. The van der Waals surface area contributed by atoms with Crippen LogP contribution < -0.4 is 5.32 Å². The number of hydrogen-bond donors (Lipinski definition) is 1. The number of benzene rings is 2. The third-order valence-corrected chi connectivity index (χ3v) is 6.49. The number of sulfonamides is 1. The zero-order chi connectivity index (χ0) is 22.6. The van der Waals surface area contributed by atoms with Crippen molar-refractivity contribution in [2.24, 2.45) is 4.40 Å². The van der Waals surface area contributed by atoms with Crippen LogP contribution in [-0.2, 0) is 21.2 Å². The molecule has 8 nitrogen and oxygen atoms in total. The molecule has 0 spiro atoms. The van der Waals surface area contributed by atoms with Crippen LogP contribution in [0.15, 0.2) is 74.5 Å². The van der Waals surface area contributed by atoms with Gasteiger partial charge in [-0.1, -0.05) is 30.3 Å². The number of anilines is 1. The maximum absolute atomic E-state index is 12.5. The van der Waals surface area contributed by atoms with E-state index in [0.29, 0.717) is 36.0 Å². The lowest BCUT2D eigenvalue weighted by molar-refractivity contribution is -0.116. The zero-order valence-corrected chi connectivity index (χ0v) is 18.5. The van der Waals surface area contributed by atoms with Gasteiger partial charge in [-0.05, 0) is 30.7 Å². The number of aryl methyl sites for hydroxylation is 1. The van der Waals surface area contributed by atoms with Crippen molar-refractivity contribution in [2.45, 2.75) is 30.6 Å². The molecule has 1 N–H and O–H groups in total. The second kappa shape index (κ2) is 9.35. The number of likely N-dealkylation sites (tertiary alicyclic amines) is 1. The van der Waals surface area contributed by atoms with Gasteiger partial charge in [0.15, 0.2) is 11.7 Å². The summed E-state index contributed by atoms with van der Waals surface area (Å²) in [4.78, 5) is 18.5. The minimum absolute atomic E-state index is 0.0940. The lowest BCUT2D eigenvalue weighted by Gasteiger charge is -2.11. The van der Waals surface area contributed by atoms with Crippen LogP contribution in [0.1, 0.15) is 25.2 Å². The van der Waals surface area contributed by atoms with Gasteiger partial charge in [-0.25, -0.2) is 4.98 Å². The molecule has 0 saturated carbocycles. The maximum atomic E-state index is 12.5. The lowest BCUT2D eigenvalue weighted by Crippen LogP contribution is -2.20. The Bertz CT molecular complexity index is 1220. The number of nitrogens with one attached hydrogen (secondary N) is 1. The van der Waals surface area contributed by atoms with Crippen molar-refractivity contribution >= 4 is 27.5 Å². The van der Waals surface area contributed by atoms with Crippen molar-refractivity contribution in [1.29, 1.82) is 0 Å². The average molecular weight is 453 g/mol. The summed E-state index contributed by atoms with van der Waals surface area (Å²) in [6.07, 6.45) is 3.75. The number of amides is 1. The third kappa shape index (κ3) is 5.23. The summed E-state index contributed by atoms with van der Waals surface area (Å²) in [5.74, 6) is 1.50. The molecule has 1 aliphatic rings. The Morgan fingerprint density at radius 1 is 1.16 bits per heavy atom. The van der Waals surface area contributed by atoms with Crippen molar-refractivity contribution in [3.05, 3.63) is 66.7 Å². The van der Waals surface area contributed by atoms with E-state index in [1.54, 1.807) is 18.3 Å². The standard InChI is InChI=1S/C23H24N4O4S/c1-27-15-5-8-21(27)26-32(29,30)19-11-9-18(10-12-19)25-22(28)13-14-23-24-16-20(31-23)17-6-3-2-4-7-17/h2-4,6-7,9-12,16H,5,8,13-15H2,1H3,(H,25,28)/b26-21+. The number of rotatable bonds is 7. The number of amidine groups is 1. The van der Waals surface area contributed by atoms with Crippen LogP contribution in [0.5, 0.6) is 0 Å². The molecule has 32 heavy (non-hydrogen) atoms. The first-order chi connectivity index (χ1) is 15.4. The van der Waals surface area contributed by atoms with E-state index < -0.39 is 10.0 Å². The highest BCUT2D eigenvalue weighted by Crippen LogP contribution is 2.21. The lowest BCUT2D eigenvalue weighted by atomic mass is 10.2. The van der Waals surface area contributed by atoms with Gasteiger partial charge in [-0.3, -0.25) is 4.79 Å². The fourth-order valence-electron chi connectivity index (χ4n) is 3.42. The topological polar surface area (TPSA) is 105 Å². The molecule has 1 saturated heterocycles. The summed E-state index contributed by atoms with van der Waals surface area (Å²) in [6, 6.07) is 15.6. The summed E-state index contributed by atoms with van der Waals surface area (Å²) < 4.78 is 34.7. The number of nitrogens with zero attached hydrogens (tertiary/aromatic N) is 3. The first-order valence-electron chi connectivity index (χ1n) is 10.4. The molecular weight excluding hydrogens is 428 g/mol. The minimum Gasteiger partial charge on any atom is -0.441 e. The Hall–Kier alpha value is -3.46. The maximum Gasteiger partial charge on any atom is 0.283 e. The zero-order valence-electron chi connectivity index (χ0n) is 17.7. The van der Waals surface area contributed by atoms with Crippen LogP contribution in [0.3, 0.4) is 0 Å². The normalized spacial score (nSPS) is 15.3. The fourth-order valence-corrected chi connectivity index (χ4v) is 4.51. The van der Waals surface area contributed by atoms with Crippen LogP contribution in [0.2, 0.25) is 0 Å². The molecule has 3 aromatic rings. The molecule has 2 heterocycles. The van der Waals surface area contributed by atoms with Gasteiger partial charge in [-0.2, -0.15) is 8.42 Å². The van der Waals surface area contributed by atoms with Gasteiger partial charge in [0, 0.05) is 44.1 Å². The van der Waals surface area contributed by atoms with Crippen LogP contribution in [0.4, 0.5) is 5.69 Å². The van der Waals surface area contributed by atoms with Crippen LogP contribution in [0.25, 0.3) is 11.3 Å². The van der Waals surface area contributed by atoms with Crippen molar-refractivity contribution in [2.75, 3.05) is 18.9 Å². The van der Waals surface area contributed by atoms with E-state index in [2.05, 4.69) is 14.7 Å². The molecule has 1 aromatic heterocycles. The minimum atomic E-state index is -3.78. The summed E-state index contributed by atoms with van der Waals surface area (Å²) in [6.45, 7) is 0.806. The molecule has 9 heteroatoms. The highest BCUT2D eigenvalue weighted by Gasteiger charge is 2.20. The van der Waals surface area contributed by atoms with Crippen LogP contribution in [-0.4, -0.2) is 43.6 Å². The van der Waals surface area contributed by atoms with Gasteiger partial charge >= 0.3 is 0 Å². The molecule has 1 fully saturated rings. The second-order valence-corrected chi connectivity index (χ2v) is 9.17. The molecule has 0 aliphatic carbocycles. The van der Waals surface area contributed by atoms with Gasteiger partial charge in [-0.15, -0.1) is 4.40 Å². The summed E-state index contributed by atoms with van der Waals surface area (Å²) in [7, 11) is -1.94. The van der Waals surface area contributed by atoms with Crippen LogP contribution in [0, 0.1) is 0 Å². The number of carbonyl (C=O) groups excluding carboxylic acids is 1.